The third kappa shape index (κ3) is 1.68. The zero-order valence-corrected chi connectivity index (χ0v) is 8.86. The molecule has 0 amide bonds. The largest absolute Gasteiger partial charge is 0.383 e. The number of ether oxygens (including phenoxy) is 1. The highest BCUT2D eigenvalue weighted by atomic mass is 16.5. The first-order valence-electron chi connectivity index (χ1n) is 4.91. The van der Waals surface area contributed by atoms with E-state index in [1.54, 1.807) is 13.3 Å². The van der Waals surface area contributed by atoms with Crippen LogP contribution in [0, 0.1) is 0 Å². The summed E-state index contributed by atoms with van der Waals surface area (Å²) in [6.45, 7) is 2.62. The Kier molecular flexibility index (Phi) is 2.60. The van der Waals surface area contributed by atoms with Crippen molar-refractivity contribution in [2.75, 3.05) is 13.7 Å². The molecule has 1 N–H and O–H groups in total. The molecular formula is C11H14N2O2. The Balaban J connectivity index is 2.57. The molecule has 0 spiro atoms. The molecule has 0 saturated heterocycles. The van der Waals surface area contributed by atoms with Gasteiger partial charge in [0.2, 0.25) is 0 Å². The molecule has 0 aliphatic heterocycles. The molecule has 2 aromatic heterocycles. The lowest BCUT2D eigenvalue weighted by Crippen LogP contribution is -2.15. The van der Waals surface area contributed by atoms with E-state index in [9.17, 15) is 4.79 Å². The maximum Gasteiger partial charge on any atom is 0.272 e. The van der Waals surface area contributed by atoms with Crippen LogP contribution in [0.15, 0.2) is 29.3 Å². The summed E-state index contributed by atoms with van der Waals surface area (Å²) >= 11 is 0. The first kappa shape index (κ1) is 9.98. The predicted octanol–water partition coefficient (Wildman–Crippen LogP) is 1.54. The second-order valence-corrected chi connectivity index (χ2v) is 3.64. The van der Waals surface area contributed by atoms with E-state index in [0.29, 0.717) is 12.1 Å². The summed E-state index contributed by atoms with van der Waals surface area (Å²) in [7, 11) is 1.66. The standard InChI is InChI=1S/C11H14N2O2/c1-8(7-15-2)13-6-4-9-3-5-12-11(14)10(9)13/h3-6,8H,7H2,1-2H3,(H,12,14). The molecule has 1 atom stereocenters. The van der Waals surface area contributed by atoms with Crippen LogP contribution in [-0.4, -0.2) is 23.3 Å². The Labute approximate surface area is 87.5 Å². The van der Waals surface area contributed by atoms with Crippen molar-refractivity contribution in [2.24, 2.45) is 0 Å². The number of nitrogens with zero attached hydrogens (tertiary/aromatic N) is 1. The van der Waals surface area contributed by atoms with Gasteiger partial charge in [-0.2, -0.15) is 0 Å². The third-order valence-electron chi connectivity index (χ3n) is 2.52. The zero-order chi connectivity index (χ0) is 10.8. The Hall–Kier alpha value is -1.55. The molecule has 15 heavy (non-hydrogen) atoms. The smallest absolute Gasteiger partial charge is 0.272 e. The zero-order valence-electron chi connectivity index (χ0n) is 8.86. The molecule has 2 rings (SSSR count). The van der Waals surface area contributed by atoms with Crippen LogP contribution < -0.4 is 5.56 Å². The van der Waals surface area contributed by atoms with Crippen molar-refractivity contribution in [3.8, 4) is 0 Å². The molecule has 4 nitrogen and oxygen atoms in total. The van der Waals surface area contributed by atoms with Gasteiger partial charge < -0.3 is 14.3 Å². The van der Waals surface area contributed by atoms with Crippen LogP contribution in [-0.2, 0) is 4.74 Å². The summed E-state index contributed by atoms with van der Waals surface area (Å²) in [5, 5.41) is 0.960. The molecule has 80 valence electrons. The molecule has 0 saturated carbocycles. The Bertz CT molecular complexity index is 513. The highest BCUT2D eigenvalue weighted by molar-refractivity contribution is 5.78. The number of aromatic nitrogens is 2. The molecule has 0 radical (unpaired) electrons. The summed E-state index contributed by atoms with van der Waals surface area (Å²) in [4.78, 5) is 14.3. The minimum atomic E-state index is -0.0551. The third-order valence-corrected chi connectivity index (χ3v) is 2.52. The average Bonchev–Trinajstić information content (AvgIpc) is 2.63. The predicted molar refractivity (Wildman–Crippen MR) is 59.1 cm³/mol. The van der Waals surface area contributed by atoms with E-state index in [1.165, 1.54) is 0 Å². The van der Waals surface area contributed by atoms with Gasteiger partial charge in [-0.05, 0) is 19.1 Å². The molecular weight excluding hydrogens is 192 g/mol. The molecule has 0 aliphatic carbocycles. The summed E-state index contributed by atoms with van der Waals surface area (Å²) in [6, 6.07) is 4.00. The lowest BCUT2D eigenvalue weighted by atomic mass is 10.3. The number of nitrogens with one attached hydrogen (secondary N) is 1. The number of hydrogen-bond acceptors (Lipinski definition) is 2. The quantitative estimate of drug-likeness (QED) is 0.828. The number of aromatic amines is 1. The van der Waals surface area contributed by atoms with Crippen LogP contribution in [0.5, 0.6) is 0 Å². The van der Waals surface area contributed by atoms with Gasteiger partial charge in [-0.3, -0.25) is 4.79 Å². The second-order valence-electron chi connectivity index (χ2n) is 3.64. The van der Waals surface area contributed by atoms with Gasteiger partial charge in [0, 0.05) is 24.9 Å². The van der Waals surface area contributed by atoms with Crippen LogP contribution in [0.4, 0.5) is 0 Å². The summed E-state index contributed by atoms with van der Waals surface area (Å²) < 4.78 is 7.03. The highest BCUT2D eigenvalue weighted by Gasteiger charge is 2.09. The maximum absolute atomic E-state index is 11.7. The molecule has 0 aliphatic rings. The van der Waals surface area contributed by atoms with Gasteiger partial charge >= 0.3 is 0 Å². The maximum atomic E-state index is 11.7. The molecule has 2 heterocycles. The normalized spacial score (nSPS) is 13.2. The number of H-pyrrole nitrogens is 1. The summed E-state index contributed by atoms with van der Waals surface area (Å²) in [6.07, 6.45) is 3.58. The van der Waals surface area contributed by atoms with Crippen molar-refractivity contribution in [2.45, 2.75) is 13.0 Å². The van der Waals surface area contributed by atoms with Crippen LogP contribution in [0.3, 0.4) is 0 Å². The van der Waals surface area contributed by atoms with E-state index in [1.807, 2.05) is 29.8 Å². The Morgan fingerprint density at radius 2 is 2.33 bits per heavy atom. The fourth-order valence-corrected chi connectivity index (χ4v) is 1.81. The number of hydrogen-bond donors (Lipinski definition) is 1. The van der Waals surface area contributed by atoms with Gasteiger partial charge in [-0.1, -0.05) is 0 Å². The van der Waals surface area contributed by atoms with E-state index < -0.39 is 0 Å². The Morgan fingerprint density at radius 1 is 1.53 bits per heavy atom. The number of fused-ring (bicyclic) bond motifs is 1. The molecule has 0 bridgehead atoms. The van der Waals surface area contributed by atoms with Crippen LogP contribution >= 0.6 is 0 Å². The average molecular weight is 206 g/mol. The van der Waals surface area contributed by atoms with Gasteiger partial charge in [0.25, 0.3) is 5.56 Å². The van der Waals surface area contributed by atoms with Gasteiger partial charge in [-0.25, -0.2) is 0 Å². The Morgan fingerprint density at radius 3 is 3.07 bits per heavy atom. The molecule has 0 aromatic carbocycles. The number of methoxy groups -OCH3 is 1. The van der Waals surface area contributed by atoms with Crippen molar-refractivity contribution in [1.29, 1.82) is 0 Å². The highest BCUT2D eigenvalue weighted by Crippen LogP contribution is 2.16. The minimum Gasteiger partial charge on any atom is -0.383 e. The van der Waals surface area contributed by atoms with E-state index >= 15 is 0 Å². The van der Waals surface area contributed by atoms with Gasteiger partial charge in [-0.15, -0.1) is 0 Å². The topological polar surface area (TPSA) is 47.0 Å². The lowest BCUT2D eigenvalue weighted by molar-refractivity contribution is 0.164. The van der Waals surface area contributed by atoms with E-state index in [0.717, 1.165) is 5.39 Å². The van der Waals surface area contributed by atoms with Crippen molar-refractivity contribution in [3.05, 3.63) is 34.9 Å². The number of pyridine rings is 1. The van der Waals surface area contributed by atoms with Crippen molar-refractivity contribution < 1.29 is 4.74 Å². The fraction of sp³-hybridized carbons (Fsp3) is 0.364. The molecule has 4 heteroatoms. The van der Waals surface area contributed by atoms with E-state index in [4.69, 9.17) is 4.74 Å². The first-order valence-corrected chi connectivity index (χ1v) is 4.91. The van der Waals surface area contributed by atoms with Crippen LogP contribution in [0.1, 0.15) is 13.0 Å². The minimum absolute atomic E-state index is 0.0551. The molecule has 1 unspecified atom stereocenters. The summed E-state index contributed by atoms with van der Waals surface area (Å²) in [5.41, 5.74) is 0.655. The second kappa shape index (κ2) is 3.90. The van der Waals surface area contributed by atoms with Crippen molar-refractivity contribution in [3.63, 3.8) is 0 Å². The molecule has 0 fully saturated rings. The SMILES string of the molecule is COCC(C)n1ccc2cc[nH]c(=O)c21. The van der Waals surface area contributed by atoms with Gasteiger partial charge in [0.15, 0.2) is 0 Å². The fourth-order valence-electron chi connectivity index (χ4n) is 1.81. The van der Waals surface area contributed by atoms with Crippen LogP contribution in [0.25, 0.3) is 10.9 Å². The molecule has 2 aromatic rings. The van der Waals surface area contributed by atoms with Gasteiger partial charge in [0.1, 0.15) is 5.52 Å². The first-order chi connectivity index (χ1) is 7.24. The van der Waals surface area contributed by atoms with E-state index in [2.05, 4.69) is 4.98 Å². The summed E-state index contributed by atoms with van der Waals surface area (Å²) in [5.74, 6) is 0. The lowest BCUT2D eigenvalue weighted by Gasteiger charge is -2.13. The van der Waals surface area contributed by atoms with Gasteiger partial charge in [0.05, 0.1) is 12.6 Å². The monoisotopic (exact) mass is 206 g/mol. The number of rotatable bonds is 3. The van der Waals surface area contributed by atoms with Crippen molar-refractivity contribution >= 4 is 10.9 Å². The van der Waals surface area contributed by atoms with E-state index in [-0.39, 0.29) is 11.6 Å². The van der Waals surface area contributed by atoms with Crippen LogP contribution in [0.2, 0.25) is 0 Å². The van der Waals surface area contributed by atoms with Crippen molar-refractivity contribution in [1.82, 2.24) is 9.55 Å².